The SMILES string of the molecule is COC[C@H]1COc2c(ccnc2OC)-c2nnc(CS(=O)(=O)CCc3ncc(Cl)cn3)n21. The average Bonchev–Trinajstić information content (AvgIpc) is 3.10. The first kappa shape index (κ1) is 22.4. The van der Waals surface area contributed by atoms with Gasteiger partial charge in [-0.3, -0.25) is 0 Å². The summed E-state index contributed by atoms with van der Waals surface area (Å²) in [6.45, 7) is 0.486. The minimum absolute atomic E-state index is 0.142. The summed E-state index contributed by atoms with van der Waals surface area (Å²) in [4.78, 5) is 12.3. The molecule has 3 aromatic rings. The van der Waals surface area contributed by atoms with Crippen LogP contribution in [0.2, 0.25) is 5.02 Å². The predicted molar refractivity (Wildman–Crippen MR) is 114 cm³/mol. The molecule has 0 N–H and O–H groups in total. The van der Waals surface area contributed by atoms with E-state index in [4.69, 9.17) is 25.8 Å². The van der Waals surface area contributed by atoms with E-state index in [0.29, 0.717) is 39.7 Å². The van der Waals surface area contributed by atoms with Gasteiger partial charge in [-0.25, -0.2) is 23.4 Å². The van der Waals surface area contributed by atoms with Crippen LogP contribution >= 0.6 is 11.6 Å². The largest absolute Gasteiger partial charge is 0.485 e. The number of hydrogen-bond acceptors (Lipinski definition) is 10. The molecule has 3 aromatic heterocycles. The Kier molecular flexibility index (Phi) is 6.53. The van der Waals surface area contributed by atoms with Gasteiger partial charge in [-0.15, -0.1) is 10.2 Å². The first-order valence-corrected chi connectivity index (χ1v) is 11.9. The Hall–Kier alpha value is -2.83. The summed E-state index contributed by atoms with van der Waals surface area (Å²) < 4.78 is 44.1. The van der Waals surface area contributed by atoms with E-state index in [-0.39, 0.29) is 37.2 Å². The molecule has 0 unspecified atom stereocenters. The van der Waals surface area contributed by atoms with Crippen molar-refractivity contribution in [1.29, 1.82) is 0 Å². The molecular formula is C19H21ClN6O5S. The second-order valence-corrected chi connectivity index (χ2v) is 9.71. The number of nitrogens with zero attached hydrogens (tertiary/aromatic N) is 6. The predicted octanol–water partition coefficient (Wildman–Crippen LogP) is 1.53. The van der Waals surface area contributed by atoms with Crippen molar-refractivity contribution in [3.8, 4) is 23.0 Å². The molecule has 0 fully saturated rings. The van der Waals surface area contributed by atoms with Crippen LogP contribution in [0.5, 0.6) is 11.6 Å². The number of aryl methyl sites for hydroxylation is 1. The quantitative estimate of drug-likeness (QED) is 0.467. The van der Waals surface area contributed by atoms with Crippen molar-refractivity contribution < 1.29 is 22.6 Å². The van der Waals surface area contributed by atoms with Crippen LogP contribution in [0.15, 0.2) is 24.7 Å². The van der Waals surface area contributed by atoms with Gasteiger partial charge in [0.2, 0.25) is 0 Å². The van der Waals surface area contributed by atoms with Crippen LogP contribution in [0.25, 0.3) is 11.4 Å². The molecule has 170 valence electrons. The van der Waals surface area contributed by atoms with Crippen molar-refractivity contribution in [2.24, 2.45) is 0 Å². The monoisotopic (exact) mass is 480 g/mol. The molecule has 0 bridgehead atoms. The molecule has 4 heterocycles. The van der Waals surface area contributed by atoms with E-state index < -0.39 is 9.84 Å². The molecule has 1 aliphatic heterocycles. The van der Waals surface area contributed by atoms with E-state index in [9.17, 15) is 8.42 Å². The van der Waals surface area contributed by atoms with Gasteiger partial charge in [0.05, 0.1) is 36.1 Å². The van der Waals surface area contributed by atoms with Gasteiger partial charge in [-0.1, -0.05) is 11.6 Å². The van der Waals surface area contributed by atoms with Gasteiger partial charge < -0.3 is 18.8 Å². The van der Waals surface area contributed by atoms with Crippen LogP contribution in [0.3, 0.4) is 0 Å². The lowest BCUT2D eigenvalue weighted by Crippen LogP contribution is -2.24. The van der Waals surface area contributed by atoms with Crippen LogP contribution in [-0.2, 0) is 26.7 Å². The Morgan fingerprint density at radius 3 is 2.72 bits per heavy atom. The van der Waals surface area contributed by atoms with Crippen LogP contribution in [0.4, 0.5) is 0 Å². The number of methoxy groups -OCH3 is 2. The third kappa shape index (κ3) is 4.66. The zero-order valence-corrected chi connectivity index (χ0v) is 19.0. The van der Waals surface area contributed by atoms with Gasteiger partial charge >= 0.3 is 0 Å². The van der Waals surface area contributed by atoms with E-state index in [2.05, 4.69) is 25.1 Å². The first-order chi connectivity index (χ1) is 15.4. The van der Waals surface area contributed by atoms with Crippen LogP contribution in [0, 0.1) is 0 Å². The maximum absolute atomic E-state index is 12.9. The summed E-state index contributed by atoms with van der Waals surface area (Å²) in [5.41, 5.74) is 0.612. The van der Waals surface area contributed by atoms with E-state index in [1.807, 2.05) is 0 Å². The third-order valence-electron chi connectivity index (χ3n) is 4.88. The fourth-order valence-electron chi connectivity index (χ4n) is 3.43. The second kappa shape index (κ2) is 9.35. The Morgan fingerprint density at radius 1 is 1.22 bits per heavy atom. The van der Waals surface area contributed by atoms with Gasteiger partial charge in [0.15, 0.2) is 21.4 Å². The molecule has 0 saturated carbocycles. The molecule has 0 aromatic carbocycles. The van der Waals surface area contributed by atoms with E-state index in [1.54, 1.807) is 23.9 Å². The normalized spacial score (nSPS) is 15.4. The zero-order chi connectivity index (χ0) is 22.7. The summed E-state index contributed by atoms with van der Waals surface area (Å²) in [5.74, 6) is 1.46. The molecule has 13 heteroatoms. The minimum Gasteiger partial charge on any atom is -0.485 e. The molecule has 0 radical (unpaired) electrons. The first-order valence-electron chi connectivity index (χ1n) is 9.67. The fraction of sp³-hybridized carbons (Fsp3) is 0.421. The molecule has 11 nitrogen and oxygen atoms in total. The summed E-state index contributed by atoms with van der Waals surface area (Å²) in [7, 11) is -0.483. The van der Waals surface area contributed by atoms with Gasteiger partial charge in [-0.2, -0.15) is 0 Å². The van der Waals surface area contributed by atoms with E-state index >= 15 is 0 Å². The lowest BCUT2D eigenvalue weighted by atomic mass is 10.2. The Balaban J connectivity index is 1.64. The maximum atomic E-state index is 12.9. The van der Waals surface area contributed by atoms with Crippen molar-refractivity contribution in [1.82, 2.24) is 29.7 Å². The third-order valence-corrected chi connectivity index (χ3v) is 6.60. The van der Waals surface area contributed by atoms with Gasteiger partial charge in [0.25, 0.3) is 5.88 Å². The van der Waals surface area contributed by atoms with E-state index in [0.717, 1.165) is 0 Å². The van der Waals surface area contributed by atoms with Crippen molar-refractivity contribution in [3.05, 3.63) is 41.3 Å². The maximum Gasteiger partial charge on any atom is 0.257 e. The van der Waals surface area contributed by atoms with Crippen molar-refractivity contribution in [2.75, 3.05) is 33.2 Å². The number of sulfone groups is 1. The average molecular weight is 481 g/mol. The van der Waals surface area contributed by atoms with Gasteiger partial charge in [0.1, 0.15) is 24.0 Å². The van der Waals surface area contributed by atoms with Gasteiger partial charge in [-0.05, 0) is 6.07 Å². The Bertz CT molecular complexity index is 1200. The van der Waals surface area contributed by atoms with Crippen molar-refractivity contribution in [2.45, 2.75) is 18.2 Å². The molecule has 4 rings (SSSR count). The Morgan fingerprint density at radius 2 is 2.00 bits per heavy atom. The van der Waals surface area contributed by atoms with Crippen LogP contribution < -0.4 is 9.47 Å². The number of rotatable bonds is 8. The molecule has 0 saturated heterocycles. The molecule has 1 aliphatic rings. The highest BCUT2D eigenvalue weighted by molar-refractivity contribution is 7.90. The summed E-state index contributed by atoms with van der Waals surface area (Å²) >= 11 is 5.78. The summed E-state index contributed by atoms with van der Waals surface area (Å²) in [6.07, 6.45) is 4.60. The zero-order valence-electron chi connectivity index (χ0n) is 17.4. The highest BCUT2D eigenvalue weighted by Crippen LogP contribution is 2.39. The topological polar surface area (TPSA) is 131 Å². The van der Waals surface area contributed by atoms with Crippen molar-refractivity contribution in [3.63, 3.8) is 0 Å². The molecule has 32 heavy (non-hydrogen) atoms. The molecule has 0 aliphatic carbocycles. The number of pyridine rings is 1. The second-order valence-electron chi connectivity index (χ2n) is 7.09. The summed E-state index contributed by atoms with van der Waals surface area (Å²) in [6, 6.07) is 1.39. The molecule has 1 atom stereocenters. The lowest BCUT2D eigenvalue weighted by molar-refractivity contribution is 0.123. The van der Waals surface area contributed by atoms with Crippen LogP contribution in [-0.4, -0.2) is 71.3 Å². The summed E-state index contributed by atoms with van der Waals surface area (Å²) in [5, 5.41) is 8.85. The number of hydrogen-bond donors (Lipinski definition) is 0. The van der Waals surface area contributed by atoms with Crippen LogP contribution in [0.1, 0.15) is 17.7 Å². The molecular weight excluding hydrogens is 460 g/mol. The Labute approximate surface area is 189 Å². The van der Waals surface area contributed by atoms with Gasteiger partial charge in [0, 0.05) is 32.1 Å². The highest BCUT2D eigenvalue weighted by atomic mass is 35.5. The number of aromatic nitrogens is 6. The fourth-order valence-corrected chi connectivity index (χ4v) is 4.76. The minimum atomic E-state index is -3.54. The number of halogens is 1. The highest BCUT2D eigenvalue weighted by Gasteiger charge is 2.31. The smallest absolute Gasteiger partial charge is 0.257 e. The van der Waals surface area contributed by atoms with Crippen molar-refractivity contribution >= 4 is 21.4 Å². The number of fused-ring (bicyclic) bond motifs is 3. The molecule has 0 amide bonds. The standard InChI is InChI=1S/C19H21ClN6O5S/c1-29-9-13-10-31-17-14(3-5-21-19(17)30-2)18-25-24-16(26(13)18)11-32(27,28)6-4-15-22-7-12(20)8-23-15/h3,5,7-8,13H,4,6,9-11H2,1-2H3/t13-/m0/s1. The molecule has 0 spiro atoms. The van der Waals surface area contributed by atoms with E-state index in [1.165, 1.54) is 19.5 Å². The lowest BCUT2D eigenvalue weighted by Gasteiger charge is -2.18. The number of ether oxygens (including phenoxy) is 3.